The summed E-state index contributed by atoms with van der Waals surface area (Å²) < 4.78 is 16.4. The highest BCUT2D eigenvalue weighted by atomic mass is 16.7. The standard InChI is InChI=1S/C27H38N2O5/c1-4-5-6-7-8-9-12-26(30)29(21(2)3)19-27(31)28(18-23-11-10-15-32-23)17-22-13-14-24-25(16-22)34-20-33-24/h10-11,13-16,21H,4-9,12,17-20H2,1-3H3. The molecule has 3 rings (SSSR count). The second-order valence-electron chi connectivity index (χ2n) is 9.15. The summed E-state index contributed by atoms with van der Waals surface area (Å²) in [7, 11) is 0. The van der Waals surface area contributed by atoms with Crippen LogP contribution in [-0.4, -0.2) is 41.0 Å². The monoisotopic (exact) mass is 470 g/mol. The number of furan rings is 1. The molecule has 1 aromatic heterocycles. The highest BCUT2D eigenvalue weighted by Crippen LogP contribution is 2.33. The topological polar surface area (TPSA) is 72.2 Å². The Bertz CT molecular complexity index is 910. The largest absolute Gasteiger partial charge is 0.467 e. The van der Waals surface area contributed by atoms with Crippen molar-refractivity contribution in [3.8, 4) is 11.5 Å². The Hall–Kier alpha value is -2.96. The molecule has 1 aliphatic heterocycles. The minimum absolute atomic E-state index is 0.0415. The molecular formula is C27H38N2O5. The number of fused-ring (bicyclic) bond motifs is 1. The minimum Gasteiger partial charge on any atom is -0.467 e. The lowest BCUT2D eigenvalue weighted by Gasteiger charge is -2.30. The summed E-state index contributed by atoms with van der Waals surface area (Å²) in [4.78, 5) is 29.8. The molecule has 0 spiro atoms. The quantitative estimate of drug-likeness (QED) is 0.340. The summed E-state index contributed by atoms with van der Waals surface area (Å²) in [5, 5.41) is 0. The van der Waals surface area contributed by atoms with E-state index >= 15 is 0 Å². The molecule has 7 heteroatoms. The second kappa shape index (κ2) is 13.1. The molecule has 0 radical (unpaired) electrons. The SMILES string of the molecule is CCCCCCCCC(=O)N(CC(=O)N(Cc1ccc2c(c1)OCO2)Cc1ccco1)C(C)C. The molecule has 1 aliphatic rings. The molecule has 2 amide bonds. The fraction of sp³-hybridized carbons (Fsp3) is 0.556. The molecule has 0 unspecified atom stereocenters. The molecular weight excluding hydrogens is 432 g/mol. The summed E-state index contributed by atoms with van der Waals surface area (Å²) in [5.74, 6) is 2.02. The maximum atomic E-state index is 13.4. The predicted molar refractivity (Wildman–Crippen MR) is 130 cm³/mol. The Morgan fingerprint density at radius 1 is 0.941 bits per heavy atom. The molecule has 7 nitrogen and oxygen atoms in total. The third-order valence-corrected chi connectivity index (χ3v) is 6.08. The molecule has 0 aliphatic carbocycles. The van der Waals surface area contributed by atoms with Gasteiger partial charge < -0.3 is 23.7 Å². The molecule has 2 heterocycles. The van der Waals surface area contributed by atoms with Crippen LogP contribution >= 0.6 is 0 Å². The van der Waals surface area contributed by atoms with Gasteiger partial charge in [0.05, 0.1) is 19.4 Å². The van der Waals surface area contributed by atoms with Gasteiger partial charge in [0.1, 0.15) is 5.76 Å². The van der Waals surface area contributed by atoms with Gasteiger partial charge in [-0.3, -0.25) is 9.59 Å². The zero-order valence-electron chi connectivity index (χ0n) is 20.8. The smallest absolute Gasteiger partial charge is 0.242 e. The number of ether oxygens (including phenoxy) is 2. The first-order chi connectivity index (χ1) is 16.5. The Morgan fingerprint density at radius 3 is 2.44 bits per heavy atom. The van der Waals surface area contributed by atoms with Crippen LogP contribution in [0.1, 0.15) is 77.0 Å². The fourth-order valence-corrected chi connectivity index (χ4v) is 4.09. The van der Waals surface area contributed by atoms with Gasteiger partial charge in [0.2, 0.25) is 18.6 Å². The van der Waals surface area contributed by atoms with Gasteiger partial charge in [0, 0.05) is 19.0 Å². The summed E-state index contributed by atoms with van der Waals surface area (Å²) in [6.45, 7) is 7.09. The lowest BCUT2D eigenvalue weighted by Crippen LogP contribution is -2.45. The highest BCUT2D eigenvalue weighted by Gasteiger charge is 2.24. The molecule has 1 aromatic carbocycles. The minimum atomic E-state index is -0.112. The van der Waals surface area contributed by atoms with Crippen molar-refractivity contribution < 1.29 is 23.5 Å². The molecule has 0 saturated heterocycles. The van der Waals surface area contributed by atoms with E-state index in [0.29, 0.717) is 36.8 Å². The second-order valence-corrected chi connectivity index (χ2v) is 9.15. The van der Waals surface area contributed by atoms with Crippen molar-refractivity contribution in [2.24, 2.45) is 0 Å². The summed E-state index contributed by atoms with van der Waals surface area (Å²) in [6, 6.07) is 9.30. The Kier molecular flexibility index (Phi) is 9.86. The third-order valence-electron chi connectivity index (χ3n) is 6.08. The number of carbonyl (C=O) groups excluding carboxylic acids is 2. The average molecular weight is 471 g/mol. The number of hydrogen-bond acceptors (Lipinski definition) is 5. The van der Waals surface area contributed by atoms with Crippen LogP contribution in [0.2, 0.25) is 0 Å². The number of rotatable bonds is 14. The van der Waals surface area contributed by atoms with Gasteiger partial charge >= 0.3 is 0 Å². The van der Waals surface area contributed by atoms with Crippen molar-refractivity contribution in [1.82, 2.24) is 9.80 Å². The molecule has 0 atom stereocenters. The van der Waals surface area contributed by atoms with Crippen LogP contribution < -0.4 is 9.47 Å². The van der Waals surface area contributed by atoms with Gasteiger partial charge in [0.25, 0.3) is 0 Å². The first-order valence-corrected chi connectivity index (χ1v) is 12.5. The zero-order chi connectivity index (χ0) is 24.3. The van der Waals surface area contributed by atoms with Gasteiger partial charge in [-0.05, 0) is 50.1 Å². The number of benzene rings is 1. The number of unbranched alkanes of at least 4 members (excludes halogenated alkanes) is 5. The van der Waals surface area contributed by atoms with E-state index in [1.165, 1.54) is 19.3 Å². The maximum absolute atomic E-state index is 13.4. The lowest BCUT2D eigenvalue weighted by atomic mass is 10.1. The van der Waals surface area contributed by atoms with E-state index in [2.05, 4.69) is 6.92 Å². The van der Waals surface area contributed by atoms with E-state index < -0.39 is 0 Å². The van der Waals surface area contributed by atoms with Crippen LogP contribution in [0.3, 0.4) is 0 Å². The van der Waals surface area contributed by atoms with E-state index in [1.807, 2.05) is 44.2 Å². The molecule has 34 heavy (non-hydrogen) atoms. The van der Waals surface area contributed by atoms with E-state index in [0.717, 1.165) is 24.8 Å². The summed E-state index contributed by atoms with van der Waals surface area (Å²) in [6.07, 6.45) is 8.85. The molecule has 0 fully saturated rings. The van der Waals surface area contributed by atoms with E-state index in [-0.39, 0.29) is 31.2 Å². The average Bonchev–Trinajstić information content (AvgIpc) is 3.50. The predicted octanol–water partition coefficient (Wildman–Crippen LogP) is 5.52. The summed E-state index contributed by atoms with van der Waals surface area (Å²) >= 11 is 0. The number of hydrogen-bond donors (Lipinski definition) is 0. The zero-order valence-corrected chi connectivity index (χ0v) is 20.8. The van der Waals surface area contributed by atoms with E-state index in [9.17, 15) is 9.59 Å². The van der Waals surface area contributed by atoms with Gasteiger partial charge in [-0.2, -0.15) is 0 Å². The van der Waals surface area contributed by atoms with E-state index in [1.54, 1.807) is 16.1 Å². The van der Waals surface area contributed by atoms with Crippen molar-refractivity contribution in [1.29, 1.82) is 0 Å². The normalized spacial score (nSPS) is 12.2. The van der Waals surface area contributed by atoms with Crippen LogP contribution in [0.25, 0.3) is 0 Å². The maximum Gasteiger partial charge on any atom is 0.242 e. The van der Waals surface area contributed by atoms with Crippen LogP contribution in [0.15, 0.2) is 41.0 Å². The molecule has 2 aromatic rings. The first kappa shape index (κ1) is 25.7. The molecule has 0 N–H and O–H groups in total. The van der Waals surface area contributed by atoms with Crippen LogP contribution in [-0.2, 0) is 22.7 Å². The van der Waals surface area contributed by atoms with Crippen molar-refractivity contribution in [3.63, 3.8) is 0 Å². The third kappa shape index (κ3) is 7.54. The first-order valence-electron chi connectivity index (χ1n) is 12.5. The number of carbonyl (C=O) groups is 2. The van der Waals surface area contributed by atoms with Crippen LogP contribution in [0.5, 0.6) is 11.5 Å². The van der Waals surface area contributed by atoms with Crippen molar-refractivity contribution in [2.45, 2.75) is 84.8 Å². The lowest BCUT2D eigenvalue weighted by molar-refractivity contribution is -0.143. The van der Waals surface area contributed by atoms with Crippen molar-refractivity contribution in [3.05, 3.63) is 47.9 Å². The Labute approximate surface area is 203 Å². The fourth-order valence-electron chi connectivity index (χ4n) is 4.09. The number of nitrogens with zero attached hydrogens (tertiary/aromatic N) is 2. The number of amides is 2. The molecule has 186 valence electrons. The Balaban J connectivity index is 1.63. The molecule has 0 bridgehead atoms. The van der Waals surface area contributed by atoms with Gasteiger partial charge in [-0.25, -0.2) is 0 Å². The van der Waals surface area contributed by atoms with E-state index in [4.69, 9.17) is 13.9 Å². The highest BCUT2D eigenvalue weighted by molar-refractivity contribution is 5.85. The molecule has 0 saturated carbocycles. The van der Waals surface area contributed by atoms with Crippen LogP contribution in [0.4, 0.5) is 0 Å². The van der Waals surface area contributed by atoms with Gasteiger partial charge in [-0.15, -0.1) is 0 Å². The van der Waals surface area contributed by atoms with Crippen molar-refractivity contribution >= 4 is 11.8 Å². The van der Waals surface area contributed by atoms with Gasteiger partial charge in [0.15, 0.2) is 11.5 Å². The van der Waals surface area contributed by atoms with Crippen molar-refractivity contribution in [2.75, 3.05) is 13.3 Å². The summed E-state index contributed by atoms with van der Waals surface area (Å²) in [5.41, 5.74) is 0.929. The van der Waals surface area contributed by atoms with Crippen LogP contribution in [0, 0.1) is 0 Å². The van der Waals surface area contributed by atoms with Gasteiger partial charge in [-0.1, -0.05) is 45.1 Å². The Morgan fingerprint density at radius 2 is 1.71 bits per heavy atom.